The second kappa shape index (κ2) is 10.9. The van der Waals surface area contributed by atoms with Crippen molar-refractivity contribution in [2.45, 2.75) is 19.3 Å². The van der Waals surface area contributed by atoms with Gasteiger partial charge in [0.05, 0.1) is 45.4 Å². The topological polar surface area (TPSA) is 93.4 Å². The average molecular weight is 655 g/mol. The van der Waals surface area contributed by atoms with E-state index in [1.165, 1.54) is 0 Å². The van der Waals surface area contributed by atoms with Crippen LogP contribution in [0, 0.1) is 12.1 Å². The van der Waals surface area contributed by atoms with Gasteiger partial charge in [-0.15, -0.1) is 18.2 Å². The van der Waals surface area contributed by atoms with Crippen LogP contribution in [0.4, 0.5) is 0 Å². The van der Waals surface area contributed by atoms with Gasteiger partial charge in [-0.25, -0.2) is 0 Å². The number of hydrogen-bond donors (Lipinski definition) is 0. The third kappa shape index (κ3) is 5.15. The standard InChI is InChI=1S/C25H25N5O4.Pt/c1-25(2,20-14-15-30(29-20)18-11-13-22(32-4)28-24(18)34-6)19-9-7-8-17(26-19)16-10-12-21(31-3)27-23(16)33-5;/h7-9,12-15H,1-6H3;/q-2;+2. The number of hydrogen-bond acceptors (Lipinski definition) is 8. The SMILES string of the molecule is COc1c[c-]c(-c2cccc(C(C)(C)c3ccn(-c4[c-]cc(OC)nc4OC)n3)n2)c(OC)n1.[Pt+2]. The van der Waals surface area contributed by atoms with Crippen molar-refractivity contribution in [2.75, 3.05) is 28.4 Å². The molecule has 4 aromatic heterocycles. The summed E-state index contributed by atoms with van der Waals surface area (Å²) in [5, 5.41) is 4.77. The maximum absolute atomic E-state index is 5.43. The van der Waals surface area contributed by atoms with E-state index in [2.05, 4.69) is 35.9 Å². The Kier molecular flexibility index (Phi) is 8.12. The molecule has 0 saturated carbocycles. The molecule has 0 saturated heterocycles. The average Bonchev–Trinajstić information content (AvgIpc) is 3.39. The molecule has 9 nitrogen and oxygen atoms in total. The molecular formula is C25H25N5O4Pt. The van der Waals surface area contributed by atoms with Gasteiger partial charge in [0.15, 0.2) is 0 Å². The second-order valence-electron chi connectivity index (χ2n) is 7.81. The fourth-order valence-electron chi connectivity index (χ4n) is 3.44. The fraction of sp³-hybridized carbons (Fsp3) is 0.280. The first-order valence-electron chi connectivity index (χ1n) is 10.5. The summed E-state index contributed by atoms with van der Waals surface area (Å²) in [5.41, 5.74) is 3.04. The molecule has 4 aromatic rings. The summed E-state index contributed by atoms with van der Waals surface area (Å²) in [4.78, 5) is 13.5. The van der Waals surface area contributed by atoms with Crippen molar-refractivity contribution in [1.29, 1.82) is 0 Å². The van der Waals surface area contributed by atoms with Crippen LogP contribution in [0.5, 0.6) is 23.5 Å². The van der Waals surface area contributed by atoms with Gasteiger partial charge in [0, 0.05) is 17.6 Å². The largest absolute Gasteiger partial charge is 2.00 e. The molecule has 0 fully saturated rings. The van der Waals surface area contributed by atoms with Crippen molar-refractivity contribution in [3.05, 3.63) is 66.1 Å². The maximum Gasteiger partial charge on any atom is 2.00 e. The molecule has 0 aliphatic heterocycles. The smallest absolute Gasteiger partial charge is 0.538 e. The first-order valence-corrected chi connectivity index (χ1v) is 10.5. The number of aromatic nitrogens is 5. The van der Waals surface area contributed by atoms with E-state index in [0.29, 0.717) is 40.5 Å². The zero-order chi connectivity index (χ0) is 24.3. The predicted molar refractivity (Wildman–Crippen MR) is 125 cm³/mol. The molecule has 0 aliphatic carbocycles. The Bertz CT molecular complexity index is 1310. The Morgan fingerprint density at radius 2 is 1.43 bits per heavy atom. The van der Waals surface area contributed by atoms with E-state index in [-0.39, 0.29) is 21.1 Å². The summed E-state index contributed by atoms with van der Waals surface area (Å²) in [6.07, 6.45) is 1.84. The first-order chi connectivity index (χ1) is 16.4. The van der Waals surface area contributed by atoms with E-state index in [1.807, 2.05) is 30.5 Å². The third-order valence-corrected chi connectivity index (χ3v) is 5.42. The predicted octanol–water partition coefficient (Wildman–Crippen LogP) is 3.68. The normalized spacial score (nSPS) is 10.9. The third-order valence-electron chi connectivity index (χ3n) is 5.42. The van der Waals surface area contributed by atoms with Crippen LogP contribution in [-0.4, -0.2) is 53.2 Å². The van der Waals surface area contributed by atoms with Crippen LogP contribution in [0.2, 0.25) is 0 Å². The van der Waals surface area contributed by atoms with E-state index < -0.39 is 5.41 Å². The van der Waals surface area contributed by atoms with Crippen molar-refractivity contribution < 1.29 is 40.0 Å². The van der Waals surface area contributed by atoms with Crippen LogP contribution < -0.4 is 18.9 Å². The van der Waals surface area contributed by atoms with Gasteiger partial charge in [-0.2, -0.15) is 5.10 Å². The molecule has 0 unspecified atom stereocenters. The number of rotatable bonds is 8. The number of ether oxygens (including phenoxy) is 4. The van der Waals surface area contributed by atoms with Crippen molar-refractivity contribution in [3.8, 4) is 40.5 Å². The summed E-state index contributed by atoms with van der Waals surface area (Å²) in [5.74, 6) is 1.58. The zero-order valence-corrected chi connectivity index (χ0v) is 22.5. The monoisotopic (exact) mass is 654 g/mol. The van der Waals surface area contributed by atoms with Crippen LogP contribution in [-0.2, 0) is 26.5 Å². The van der Waals surface area contributed by atoms with Crippen molar-refractivity contribution in [2.24, 2.45) is 0 Å². The molecular weight excluding hydrogens is 629 g/mol. The Hall–Kier alpha value is -3.45. The minimum absolute atomic E-state index is 0. The molecule has 0 bridgehead atoms. The molecule has 0 spiro atoms. The molecule has 0 atom stereocenters. The molecule has 184 valence electrons. The summed E-state index contributed by atoms with van der Waals surface area (Å²) < 4.78 is 22.8. The second-order valence-corrected chi connectivity index (χ2v) is 7.81. The van der Waals surface area contributed by atoms with E-state index in [0.717, 1.165) is 11.4 Å². The molecule has 0 aromatic carbocycles. The molecule has 35 heavy (non-hydrogen) atoms. The molecule has 0 radical (unpaired) electrons. The van der Waals surface area contributed by atoms with Gasteiger partial charge >= 0.3 is 21.1 Å². The molecule has 0 N–H and O–H groups in total. The minimum atomic E-state index is -0.512. The maximum atomic E-state index is 5.43. The number of pyridine rings is 3. The molecule has 0 amide bonds. The Morgan fingerprint density at radius 3 is 2.09 bits per heavy atom. The van der Waals surface area contributed by atoms with Crippen molar-refractivity contribution in [3.63, 3.8) is 0 Å². The van der Waals surface area contributed by atoms with Crippen LogP contribution >= 0.6 is 0 Å². The van der Waals surface area contributed by atoms with Crippen molar-refractivity contribution in [1.82, 2.24) is 24.7 Å². The van der Waals surface area contributed by atoms with E-state index in [4.69, 9.17) is 29.0 Å². The van der Waals surface area contributed by atoms with Gasteiger partial charge in [0.25, 0.3) is 0 Å². The van der Waals surface area contributed by atoms with Crippen LogP contribution in [0.25, 0.3) is 16.9 Å². The van der Waals surface area contributed by atoms with E-state index in [1.54, 1.807) is 45.3 Å². The minimum Gasteiger partial charge on any atom is -0.538 e. The van der Waals surface area contributed by atoms with Gasteiger partial charge in [-0.1, -0.05) is 23.8 Å². The Balaban J connectivity index is 0.00000342. The van der Waals surface area contributed by atoms with Crippen LogP contribution in [0.3, 0.4) is 0 Å². The Labute approximate surface area is 218 Å². The summed E-state index contributed by atoms with van der Waals surface area (Å²) in [6.45, 7) is 4.12. The molecule has 4 rings (SSSR count). The van der Waals surface area contributed by atoms with Crippen LogP contribution in [0.15, 0.2) is 42.6 Å². The van der Waals surface area contributed by atoms with E-state index in [9.17, 15) is 0 Å². The summed E-state index contributed by atoms with van der Waals surface area (Å²) >= 11 is 0. The fourth-order valence-corrected chi connectivity index (χ4v) is 3.44. The Morgan fingerprint density at radius 1 is 0.771 bits per heavy atom. The van der Waals surface area contributed by atoms with Gasteiger partial charge in [0.2, 0.25) is 0 Å². The van der Waals surface area contributed by atoms with Gasteiger partial charge in [-0.3, -0.25) is 9.67 Å². The van der Waals surface area contributed by atoms with Gasteiger partial charge < -0.3 is 28.9 Å². The van der Waals surface area contributed by atoms with Crippen molar-refractivity contribution >= 4 is 0 Å². The van der Waals surface area contributed by atoms with Gasteiger partial charge in [0.1, 0.15) is 17.6 Å². The molecule has 10 heteroatoms. The molecule has 4 heterocycles. The molecule has 0 aliphatic rings. The number of nitrogens with zero attached hydrogens (tertiary/aromatic N) is 5. The number of methoxy groups -OCH3 is 4. The first kappa shape index (κ1) is 26.2. The zero-order valence-electron chi connectivity index (χ0n) is 20.2. The van der Waals surface area contributed by atoms with Crippen LogP contribution in [0.1, 0.15) is 25.2 Å². The van der Waals surface area contributed by atoms with Gasteiger partial charge in [-0.05, 0) is 31.7 Å². The summed E-state index contributed by atoms with van der Waals surface area (Å²) in [6, 6.07) is 17.3. The summed E-state index contributed by atoms with van der Waals surface area (Å²) in [7, 11) is 6.19. The van der Waals surface area contributed by atoms with E-state index >= 15 is 0 Å². The quantitative estimate of drug-likeness (QED) is 0.266.